The standard InChI is InChI=1S/C30H37N3O7S/c1-6-19-14-30(19,25(34)17-41(37,38)21-11-12-21)32-26(35)24-13-20(16-33(24)28(36)40-29(3,4)5)39-27-23-10-8-7-9-22(23)18(2)15-31-27/h6-10,15,19-21,24H,1,11-14,16-17H2,2-5H3,(H,32,35)/t19-,20-,24+,30-/m1/s1. The SMILES string of the molecule is C=C[C@@H]1C[C@]1(NC(=O)[C@@H]1C[C@@H](Oc2ncc(C)c3ccccc23)CN1C(=O)OC(C)(C)C)C(=O)CS(=O)(=O)C1CC1. The van der Waals surface area contributed by atoms with Crippen LogP contribution in [-0.2, 0) is 24.2 Å². The molecule has 1 aromatic heterocycles. The van der Waals surface area contributed by atoms with E-state index in [0.29, 0.717) is 18.7 Å². The largest absolute Gasteiger partial charge is 0.472 e. The van der Waals surface area contributed by atoms with E-state index in [1.165, 1.54) is 4.90 Å². The number of rotatable bonds is 9. The zero-order valence-electron chi connectivity index (χ0n) is 23.9. The summed E-state index contributed by atoms with van der Waals surface area (Å²) < 4.78 is 37.0. The highest BCUT2D eigenvalue weighted by Gasteiger charge is 2.61. The molecule has 4 atom stereocenters. The van der Waals surface area contributed by atoms with Crippen molar-refractivity contribution in [2.24, 2.45) is 5.92 Å². The lowest BCUT2D eigenvalue weighted by Crippen LogP contribution is -2.54. The number of amides is 2. The van der Waals surface area contributed by atoms with E-state index in [0.717, 1.165) is 16.3 Å². The summed E-state index contributed by atoms with van der Waals surface area (Å²) in [4.78, 5) is 46.0. The number of sulfone groups is 1. The molecule has 0 radical (unpaired) electrons. The maximum Gasteiger partial charge on any atom is 0.411 e. The normalized spacial score (nSPS) is 26.0. The molecule has 1 N–H and O–H groups in total. The summed E-state index contributed by atoms with van der Waals surface area (Å²) in [7, 11) is -3.57. The van der Waals surface area contributed by atoms with Gasteiger partial charge >= 0.3 is 6.09 Å². The van der Waals surface area contributed by atoms with Gasteiger partial charge in [0.1, 0.15) is 29.0 Å². The Hall–Kier alpha value is -3.47. The highest BCUT2D eigenvalue weighted by atomic mass is 32.2. The molecule has 2 aromatic rings. The minimum absolute atomic E-state index is 0.0682. The number of fused-ring (bicyclic) bond motifs is 1. The molecule has 1 aliphatic heterocycles. The number of nitrogens with one attached hydrogen (secondary N) is 1. The lowest BCUT2D eigenvalue weighted by molar-refractivity contribution is -0.130. The summed E-state index contributed by atoms with van der Waals surface area (Å²) in [5.74, 6) is -1.73. The van der Waals surface area contributed by atoms with E-state index in [1.54, 1.807) is 33.0 Å². The Morgan fingerprint density at radius 1 is 1.20 bits per heavy atom. The van der Waals surface area contributed by atoms with Crippen LogP contribution in [0.1, 0.15) is 52.0 Å². The van der Waals surface area contributed by atoms with Crippen molar-refractivity contribution >= 4 is 38.4 Å². The number of hydrogen-bond acceptors (Lipinski definition) is 8. The van der Waals surface area contributed by atoms with Crippen molar-refractivity contribution in [2.45, 2.75) is 81.9 Å². The van der Waals surface area contributed by atoms with E-state index in [2.05, 4.69) is 16.9 Å². The number of carbonyl (C=O) groups excluding carboxylic acids is 3. The molecule has 1 aromatic carbocycles. The van der Waals surface area contributed by atoms with Crippen LogP contribution in [0.25, 0.3) is 10.8 Å². The zero-order valence-corrected chi connectivity index (χ0v) is 24.7. The third-order valence-corrected chi connectivity index (χ3v) is 10.1. The first-order valence-electron chi connectivity index (χ1n) is 13.9. The van der Waals surface area contributed by atoms with Gasteiger partial charge in [-0.15, -0.1) is 6.58 Å². The highest BCUT2D eigenvalue weighted by Crippen LogP contribution is 2.46. The van der Waals surface area contributed by atoms with Crippen molar-refractivity contribution in [1.29, 1.82) is 0 Å². The Balaban J connectivity index is 1.38. The first-order valence-corrected chi connectivity index (χ1v) is 15.7. The number of nitrogens with zero attached hydrogens (tertiary/aromatic N) is 2. The maximum absolute atomic E-state index is 13.7. The van der Waals surface area contributed by atoms with E-state index >= 15 is 0 Å². The van der Waals surface area contributed by atoms with E-state index in [4.69, 9.17) is 9.47 Å². The number of aryl methyl sites for hydroxylation is 1. The summed E-state index contributed by atoms with van der Waals surface area (Å²) in [5.41, 5.74) is -1.16. The highest BCUT2D eigenvalue weighted by molar-refractivity contribution is 7.93. The summed E-state index contributed by atoms with van der Waals surface area (Å²) in [6.45, 7) is 11.0. The van der Waals surface area contributed by atoms with Crippen molar-refractivity contribution in [2.75, 3.05) is 12.3 Å². The molecule has 1 saturated heterocycles. The fraction of sp³-hybridized carbons (Fsp3) is 0.533. The van der Waals surface area contributed by atoms with E-state index < -0.39 is 61.9 Å². The van der Waals surface area contributed by atoms with Gasteiger partial charge in [-0.05, 0) is 64.0 Å². The molecule has 5 rings (SSSR count). The zero-order chi connectivity index (χ0) is 29.7. The van der Waals surface area contributed by atoms with Crippen LogP contribution in [0.4, 0.5) is 4.79 Å². The molecule has 220 valence electrons. The topological polar surface area (TPSA) is 132 Å². The monoisotopic (exact) mass is 583 g/mol. The quantitative estimate of drug-likeness (QED) is 0.444. The number of pyridine rings is 1. The summed E-state index contributed by atoms with van der Waals surface area (Å²) in [5, 5.41) is 4.13. The van der Waals surface area contributed by atoms with Gasteiger partial charge in [0.2, 0.25) is 11.8 Å². The number of likely N-dealkylation sites (tertiary alicyclic amines) is 1. The maximum atomic E-state index is 13.7. The van der Waals surface area contributed by atoms with Gasteiger partial charge in [-0.25, -0.2) is 18.2 Å². The molecule has 0 bridgehead atoms. The van der Waals surface area contributed by atoms with Gasteiger partial charge in [-0.1, -0.05) is 24.3 Å². The van der Waals surface area contributed by atoms with Crippen molar-refractivity contribution < 1.29 is 32.3 Å². The van der Waals surface area contributed by atoms with Crippen molar-refractivity contribution in [3.63, 3.8) is 0 Å². The van der Waals surface area contributed by atoms with Gasteiger partial charge in [0, 0.05) is 23.9 Å². The Morgan fingerprint density at radius 3 is 2.49 bits per heavy atom. The van der Waals surface area contributed by atoms with Crippen LogP contribution in [-0.4, -0.2) is 76.9 Å². The molecule has 3 fully saturated rings. The van der Waals surface area contributed by atoms with Gasteiger partial charge in [-0.2, -0.15) is 0 Å². The minimum Gasteiger partial charge on any atom is -0.472 e. The molecule has 3 aliphatic rings. The fourth-order valence-electron chi connectivity index (χ4n) is 5.48. The van der Waals surface area contributed by atoms with Crippen molar-refractivity contribution in [1.82, 2.24) is 15.2 Å². The molecule has 10 nitrogen and oxygen atoms in total. The molecule has 2 aliphatic carbocycles. The lowest BCUT2D eigenvalue weighted by Gasteiger charge is -2.29. The van der Waals surface area contributed by atoms with Crippen LogP contribution in [0.3, 0.4) is 0 Å². The minimum atomic E-state index is -3.57. The first-order chi connectivity index (χ1) is 19.2. The third-order valence-electron chi connectivity index (χ3n) is 7.94. The predicted molar refractivity (Wildman–Crippen MR) is 153 cm³/mol. The molecule has 11 heteroatoms. The van der Waals surface area contributed by atoms with Crippen molar-refractivity contribution in [3.8, 4) is 5.88 Å². The molecule has 2 heterocycles. The summed E-state index contributed by atoms with van der Waals surface area (Å²) >= 11 is 0. The fourth-order valence-corrected chi connectivity index (χ4v) is 7.19. The number of Topliss-reactive ketones (excluding diaryl/α,β-unsaturated/α-hetero) is 1. The summed E-state index contributed by atoms with van der Waals surface area (Å²) in [6.07, 6.45) is 3.53. The van der Waals surface area contributed by atoms with Gasteiger partial charge < -0.3 is 14.8 Å². The molecular formula is C30H37N3O7S. The lowest BCUT2D eigenvalue weighted by atomic mass is 10.1. The number of aromatic nitrogens is 1. The molecular weight excluding hydrogens is 546 g/mol. The predicted octanol–water partition coefficient (Wildman–Crippen LogP) is 3.51. The molecule has 41 heavy (non-hydrogen) atoms. The van der Waals surface area contributed by atoms with E-state index in [1.807, 2.05) is 31.2 Å². The van der Waals surface area contributed by atoms with Crippen LogP contribution < -0.4 is 10.1 Å². The van der Waals surface area contributed by atoms with Crippen LogP contribution in [0.15, 0.2) is 43.1 Å². The van der Waals surface area contributed by atoms with Crippen LogP contribution >= 0.6 is 0 Å². The average molecular weight is 584 g/mol. The van der Waals surface area contributed by atoms with Gasteiger partial charge in [0.15, 0.2) is 15.6 Å². The number of benzene rings is 1. The molecule has 0 spiro atoms. The van der Waals surface area contributed by atoms with Gasteiger partial charge in [-0.3, -0.25) is 14.5 Å². The smallest absolute Gasteiger partial charge is 0.411 e. The van der Waals surface area contributed by atoms with Crippen LogP contribution in [0.5, 0.6) is 5.88 Å². The Kier molecular flexibility index (Phi) is 7.38. The first kappa shape index (κ1) is 29.0. The Bertz CT molecular complexity index is 1510. The second-order valence-electron chi connectivity index (χ2n) is 12.4. The number of hydrogen-bond donors (Lipinski definition) is 1. The summed E-state index contributed by atoms with van der Waals surface area (Å²) in [6, 6.07) is 6.70. The van der Waals surface area contributed by atoms with E-state index in [9.17, 15) is 22.8 Å². The Labute approximate surface area is 240 Å². The van der Waals surface area contributed by atoms with Crippen LogP contribution in [0, 0.1) is 12.8 Å². The number of carbonyl (C=O) groups is 3. The third kappa shape index (κ3) is 5.95. The Morgan fingerprint density at radius 2 is 1.88 bits per heavy atom. The average Bonchev–Trinajstić information content (AvgIpc) is 3.82. The van der Waals surface area contributed by atoms with Crippen molar-refractivity contribution in [3.05, 3.63) is 48.7 Å². The van der Waals surface area contributed by atoms with Gasteiger partial charge in [0.25, 0.3) is 0 Å². The molecule has 2 amide bonds. The second kappa shape index (κ2) is 10.4. The van der Waals surface area contributed by atoms with E-state index in [-0.39, 0.29) is 25.3 Å². The molecule has 0 unspecified atom stereocenters. The second-order valence-corrected chi connectivity index (χ2v) is 14.6. The number of ether oxygens (including phenoxy) is 2. The van der Waals surface area contributed by atoms with Gasteiger partial charge in [0.05, 0.1) is 11.8 Å². The molecule has 2 saturated carbocycles. The van der Waals surface area contributed by atoms with Crippen LogP contribution in [0.2, 0.25) is 0 Å². The number of ketones is 1.